The Morgan fingerprint density at radius 1 is 1.03 bits per heavy atom. The van der Waals surface area contributed by atoms with Crippen LogP contribution in [-0.2, 0) is 14.9 Å². The predicted octanol–water partition coefficient (Wildman–Crippen LogP) is 3.97. The first-order valence-electron chi connectivity index (χ1n) is 9.55. The SMILES string of the molecule is COc1cccc(C(=O)OCC(=O)Nc2cc(C(C)(C)C)nn2-c2ccccc2)c1. The molecule has 7 nitrogen and oxygen atoms in total. The van der Waals surface area contributed by atoms with E-state index < -0.39 is 18.5 Å². The standard InChI is InChI=1S/C23H25N3O4/c1-23(2,3)19-14-20(26(25-19)17-10-6-5-7-11-17)24-21(27)15-30-22(28)16-9-8-12-18(13-16)29-4/h5-14H,15H2,1-4H3,(H,24,27). The summed E-state index contributed by atoms with van der Waals surface area (Å²) in [6.07, 6.45) is 0. The molecule has 0 aliphatic heterocycles. The molecule has 0 saturated carbocycles. The van der Waals surface area contributed by atoms with Gasteiger partial charge in [0.25, 0.3) is 5.91 Å². The largest absolute Gasteiger partial charge is 0.497 e. The number of carbonyl (C=O) groups excluding carboxylic acids is 2. The third-order valence-electron chi connectivity index (χ3n) is 4.39. The van der Waals surface area contributed by atoms with Crippen molar-refractivity contribution in [2.24, 2.45) is 0 Å². The average molecular weight is 407 g/mol. The van der Waals surface area contributed by atoms with Crippen LogP contribution in [0, 0.1) is 0 Å². The minimum Gasteiger partial charge on any atom is -0.497 e. The van der Waals surface area contributed by atoms with Crippen molar-refractivity contribution in [2.75, 3.05) is 19.0 Å². The topological polar surface area (TPSA) is 82.4 Å². The highest BCUT2D eigenvalue weighted by Gasteiger charge is 2.22. The maximum absolute atomic E-state index is 12.5. The van der Waals surface area contributed by atoms with Gasteiger partial charge >= 0.3 is 5.97 Å². The molecule has 0 atom stereocenters. The van der Waals surface area contributed by atoms with Crippen LogP contribution in [0.25, 0.3) is 5.69 Å². The second-order valence-electron chi connectivity index (χ2n) is 7.77. The minimum absolute atomic E-state index is 0.196. The third kappa shape index (κ3) is 5.05. The summed E-state index contributed by atoms with van der Waals surface area (Å²) in [5.74, 6) is -0.0105. The maximum Gasteiger partial charge on any atom is 0.338 e. The number of nitrogens with one attached hydrogen (secondary N) is 1. The van der Waals surface area contributed by atoms with Gasteiger partial charge in [-0.15, -0.1) is 0 Å². The summed E-state index contributed by atoms with van der Waals surface area (Å²) in [4.78, 5) is 24.7. The molecule has 0 spiro atoms. The number of ether oxygens (including phenoxy) is 2. The van der Waals surface area contributed by atoms with Crippen LogP contribution in [0.3, 0.4) is 0 Å². The first kappa shape index (κ1) is 21.1. The predicted molar refractivity (Wildman–Crippen MR) is 114 cm³/mol. The van der Waals surface area contributed by atoms with Gasteiger partial charge in [-0.1, -0.05) is 45.0 Å². The number of esters is 1. The molecule has 1 N–H and O–H groups in total. The van der Waals surface area contributed by atoms with Crippen LogP contribution in [0.5, 0.6) is 5.75 Å². The molecule has 1 aromatic heterocycles. The Morgan fingerprint density at radius 3 is 2.43 bits per heavy atom. The zero-order valence-corrected chi connectivity index (χ0v) is 17.5. The molecule has 156 valence electrons. The Balaban J connectivity index is 1.73. The third-order valence-corrected chi connectivity index (χ3v) is 4.39. The van der Waals surface area contributed by atoms with Crippen molar-refractivity contribution >= 4 is 17.7 Å². The van der Waals surface area contributed by atoms with Crippen LogP contribution in [0.4, 0.5) is 5.82 Å². The zero-order chi connectivity index (χ0) is 21.7. The monoisotopic (exact) mass is 407 g/mol. The van der Waals surface area contributed by atoms with Gasteiger partial charge in [-0.2, -0.15) is 5.10 Å². The number of rotatable bonds is 6. The Hall–Kier alpha value is -3.61. The molecule has 0 unspecified atom stereocenters. The molecule has 0 aliphatic rings. The maximum atomic E-state index is 12.5. The molecule has 2 aromatic carbocycles. The molecule has 1 amide bonds. The van der Waals surface area contributed by atoms with E-state index in [1.54, 1.807) is 28.9 Å². The van der Waals surface area contributed by atoms with Crippen LogP contribution in [0.2, 0.25) is 0 Å². The summed E-state index contributed by atoms with van der Waals surface area (Å²) in [7, 11) is 1.51. The lowest BCUT2D eigenvalue weighted by Gasteiger charge is -2.14. The lowest BCUT2D eigenvalue weighted by molar-refractivity contribution is -0.119. The van der Waals surface area contributed by atoms with Crippen molar-refractivity contribution in [3.05, 3.63) is 71.9 Å². The molecule has 0 aliphatic carbocycles. The molecule has 0 fully saturated rings. The van der Waals surface area contributed by atoms with Crippen molar-refractivity contribution in [1.82, 2.24) is 9.78 Å². The average Bonchev–Trinajstić information content (AvgIpc) is 3.17. The molecule has 0 radical (unpaired) electrons. The molecular weight excluding hydrogens is 382 g/mol. The van der Waals surface area contributed by atoms with Gasteiger partial charge in [0, 0.05) is 11.5 Å². The van der Waals surface area contributed by atoms with Crippen LogP contribution >= 0.6 is 0 Å². The quantitative estimate of drug-likeness (QED) is 0.625. The second kappa shape index (κ2) is 8.82. The number of amides is 1. The summed E-state index contributed by atoms with van der Waals surface area (Å²) < 4.78 is 11.9. The van der Waals surface area contributed by atoms with Crippen molar-refractivity contribution in [1.29, 1.82) is 0 Å². The van der Waals surface area contributed by atoms with E-state index >= 15 is 0 Å². The fourth-order valence-electron chi connectivity index (χ4n) is 2.75. The van der Waals surface area contributed by atoms with Crippen LogP contribution in [0.15, 0.2) is 60.7 Å². The first-order chi connectivity index (χ1) is 14.3. The van der Waals surface area contributed by atoms with E-state index in [0.29, 0.717) is 17.1 Å². The van der Waals surface area contributed by atoms with Crippen molar-refractivity contribution in [2.45, 2.75) is 26.2 Å². The highest BCUT2D eigenvalue weighted by atomic mass is 16.5. The molecule has 0 bridgehead atoms. The molecule has 7 heteroatoms. The number of nitrogens with zero attached hydrogens (tertiary/aromatic N) is 2. The number of aromatic nitrogens is 2. The minimum atomic E-state index is -0.601. The molecule has 0 saturated heterocycles. The van der Waals surface area contributed by atoms with E-state index in [1.807, 2.05) is 57.2 Å². The Morgan fingerprint density at radius 2 is 1.77 bits per heavy atom. The second-order valence-corrected chi connectivity index (χ2v) is 7.77. The van der Waals surface area contributed by atoms with Gasteiger partial charge in [0.1, 0.15) is 11.6 Å². The van der Waals surface area contributed by atoms with E-state index in [0.717, 1.165) is 11.4 Å². The molecule has 3 aromatic rings. The van der Waals surface area contributed by atoms with Crippen molar-refractivity contribution in [3.63, 3.8) is 0 Å². The summed E-state index contributed by atoms with van der Waals surface area (Å²) in [6.45, 7) is 5.73. The van der Waals surface area contributed by atoms with Crippen molar-refractivity contribution < 1.29 is 19.1 Å². The highest BCUT2D eigenvalue weighted by molar-refractivity contribution is 5.95. The van der Waals surface area contributed by atoms with Gasteiger partial charge in [0.05, 0.1) is 24.1 Å². The Bertz CT molecular complexity index is 1040. The van der Waals surface area contributed by atoms with Gasteiger partial charge in [0.15, 0.2) is 6.61 Å². The smallest absolute Gasteiger partial charge is 0.338 e. The summed E-state index contributed by atoms with van der Waals surface area (Å²) in [5.41, 5.74) is 1.76. The van der Waals surface area contributed by atoms with Gasteiger partial charge in [-0.3, -0.25) is 4.79 Å². The van der Waals surface area contributed by atoms with E-state index in [1.165, 1.54) is 7.11 Å². The Labute approximate surface area is 175 Å². The number of hydrogen-bond donors (Lipinski definition) is 1. The number of benzene rings is 2. The van der Waals surface area contributed by atoms with Crippen LogP contribution < -0.4 is 10.1 Å². The zero-order valence-electron chi connectivity index (χ0n) is 17.5. The van der Waals surface area contributed by atoms with Gasteiger partial charge in [-0.25, -0.2) is 9.48 Å². The molecular formula is C23H25N3O4. The first-order valence-corrected chi connectivity index (χ1v) is 9.55. The lowest BCUT2D eigenvalue weighted by atomic mass is 9.92. The number of para-hydroxylation sites is 1. The fourth-order valence-corrected chi connectivity index (χ4v) is 2.75. The fraction of sp³-hybridized carbons (Fsp3) is 0.261. The lowest BCUT2D eigenvalue weighted by Crippen LogP contribution is -2.22. The summed E-state index contributed by atoms with van der Waals surface area (Å²) in [6, 6.07) is 17.9. The number of carbonyl (C=O) groups is 2. The van der Waals surface area contributed by atoms with Gasteiger partial charge in [0.2, 0.25) is 0 Å². The van der Waals surface area contributed by atoms with E-state index in [-0.39, 0.29) is 5.41 Å². The van der Waals surface area contributed by atoms with Gasteiger partial charge in [-0.05, 0) is 30.3 Å². The summed E-state index contributed by atoms with van der Waals surface area (Å²) >= 11 is 0. The van der Waals surface area contributed by atoms with Crippen LogP contribution in [-0.4, -0.2) is 35.4 Å². The number of methoxy groups -OCH3 is 1. The van der Waals surface area contributed by atoms with Gasteiger partial charge < -0.3 is 14.8 Å². The normalized spacial score (nSPS) is 11.1. The molecule has 30 heavy (non-hydrogen) atoms. The number of anilines is 1. The van der Waals surface area contributed by atoms with E-state index in [4.69, 9.17) is 9.47 Å². The van der Waals surface area contributed by atoms with Crippen LogP contribution in [0.1, 0.15) is 36.8 Å². The van der Waals surface area contributed by atoms with Crippen molar-refractivity contribution in [3.8, 4) is 11.4 Å². The number of hydrogen-bond acceptors (Lipinski definition) is 5. The Kier molecular flexibility index (Phi) is 6.20. The molecule has 1 heterocycles. The summed E-state index contributed by atoms with van der Waals surface area (Å²) in [5, 5.41) is 7.44. The van der Waals surface area contributed by atoms with E-state index in [2.05, 4.69) is 10.4 Å². The molecule has 3 rings (SSSR count). The van der Waals surface area contributed by atoms with E-state index in [9.17, 15) is 9.59 Å². The highest BCUT2D eigenvalue weighted by Crippen LogP contribution is 2.26.